The third-order valence-corrected chi connectivity index (χ3v) is 4.05. The Morgan fingerprint density at radius 2 is 2.00 bits per heavy atom. The van der Waals surface area contributed by atoms with Gasteiger partial charge in [0.25, 0.3) is 0 Å². The van der Waals surface area contributed by atoms with E-state index in [1.807, 2.05) is 24.3 Å². The molecule has 0 saturated carbocycles. The van der Waals surface area contributed by atoms with E-state index in [0.29, 0.717) is 12.2 Å². The first-order valence-electron chi connectivity index (χ1n) is 5.69. The average Bonchev–Trinajstić information content (AvgIpc) is 2.81. The van der Waals surface area contributed by atoms with Gasteiger partial charge in [-0.25, -0.2) is 0 Å². The second kappa shape index (κ2) is 6.54. The number of nitrogens with one attached hydrogen (secondary N) is 1. The van der Waals surface area contributed by atoms with Crippen LogP contribution in [0.15, 0.2) is 46.3 Å². The zero-order valence-corrected chi connectivity index (χ0v) is 12.5. The van der Waals surface area contributed by atoms with E-state index in [9.17, 15) is 4.79 Å². The van der Waals surface area contributed by atoms with Crippen LogP contribution in [-0.4, -0.2) is 5.91 Å². The van der Waals surface area contributed by atoms with Gasteiger partial charge in [0.05, 0.1) is 10.3 Å². The van der Waals surface area contributed by atoms with Crippen LogP contribution < -0.4 is 11.1 Å². The summed E-state index contributed by atoms with van der Waals surface area (Å²) in [6, 6.07) is 11.3. The van der Waals surface area contributed by atoms with Gasteiger partial charge in [-0.2, -0.15) is 0 Å². The molecule has 2 aromatic rings. The average molecular weight is 337 g/mol. The first-order chi connectivity index (χ1) is 9.13. The highest BCUT2D eigenvalue weighted by Crippen LogP contribution is 2.21. The van der Waals surface area contributed by atoms with E-state index < -0.39 is 0 Å². The van der Waals surface area contributed by atoms with Crippen LogP contribution in [0.2, 0.25) is 0 Å². The van der Waals surface area contributed by atoms with Gasteiger partial charge in [0, 0.05) is 16.6 Å². The standard InChI is InChI=1S/C14H13BrN2OS/c15-13-7-6-12(19-13)9-17-14(18)8-3-10-1-4-11(16)5-2-10/h1-8H,9,16H2,(H,17,18)/b8-3+. The van der Waals surface area contributed by atoms with Crippen LogP contribution in [0.5, 0.6) is 0 Å². The van der Waals surface area contributed by atoms with Crippen molar-refractivity contribution in [2.75, 3.05) is 5.73 Å². The molecule has 0 aliphatic rings. The predicted octanol–water partition coefficient (Wildman–Crippen LogP) is 3.42. The summed E-state index contributed by atoms with van der Waals surface area (Å²) >= 11 is 5.00. The minimum absolute atomic E-state index is 0.110. The molecule has 1 heterocycles. The molecule has 0 radical (unpaired) electrons. The highest BCUT2D eigenvalue weighted by Gasteiger charge is 1.99. The van der Waals surface area contributed by atoms with Crippen molar-refractivity contribution in [1.29, 1.82) is 0 Å². The molecule has 3 nitrogen and oxygen atoms in total. The number of amides is 1. The molecule has 19 heavy (non-hydrogen) atoms. The van der Waals surface area contributed by atoms with Crippen LogP contribution in [0.25, 0.3) is 6.08 Å². The Hall–Kier alpha value is -1.59. The molecule has 0 spiro atoms. The zero-order chi connectivity index (χ0) is 13.7. The van der Waals surface area contributed by atoms with Crippen molar-refractivity contribution in [2.24, 2.45) is 0 Å². The number of nitrogens with two attached hydrogens (primary N) is 1. The molecule has 0 unspecified atom stereocenters. The van der Waals surface area contributed by atoms with Crippen LogP contribution in [0.4, 0.5) is 5.69 Å². The number of hydrogen-bond acceptors (Lipinski definition) is 3. The van der Waals surface area contributed by atoms with E-state index in [-0.39, 0.29) is 5.91 Å². The normalized spacial score (nSPS) is 10.8. The van der Waals surface area contributed by atoms with E-state index in [2.05, 4.69) is 21.2 Å². The van der Waals surface area contributed by atoms with E-state index in [4.69, 9.17) is 5.73 Å². The summed E-state index contributed by atoms with van der Waals surface area (Å²) in [5.41, 5.74) is 7.25. The molecule has 0 fully saturated rings. The minimum Gasteiger partial charge on any atom is -0.399 e. The van der Waals surface area contributed by atoms with Crippen LogP contribution in [0.3, 0.4) is 0 Å². The minimum atomic E-state index is -0.110. The molecule has 1 aromatic carbocycles. The number of thiophene rings is 1. The number of halogens is 1. The second-order valence-corrected chi connectivity index (χ2v) is 6.47. The molecule has 0 aliphatic carbocycles. The second-order valence-electron chi connectivity index (χ2n) is 3.92. The Morgan fingerprint density at radius 1 is 1.26 bits per heavy atom. The van der Waals surface area contributed by atoms with Gasteiger partial charge in [-0.3, -0.25) is 4.79 Å². The van der Waals surface area contributed by atoms with Crippen molar-refractivity contribution in [3.8, 4) is 0 Å². The van der Waals surface area contributed by atoms with E-state index >= 15 is 0 Å². The fourth-order valence-electron chi connectivity index (χ4n) is 1.46. The van der Waals surface area contributed by atoms with Crippen LogP contribution in [0.1, 0.15) is 10.4 Å². The number of anilines is 1. The Labute approximate surface area is 124 Å². The number of carbonyl (C=O) groups excluding carboxylic acids is 1. The summed E-state index contributed by atoms with van der Waals surface area (Å²) in [5, 5.41) is 2.83. The number of nitrogen functional groups attached to an aromatic ring is 1. The molecule has 98 valence electrons. The molecule has 0 saturated heterocycles. The summed E-state index contributed by atoms with van der Waals surface area (Å²) < 4.78 is 1.06. The molecular weight excluding hydrogens is 324 g/mol. The SMILES string of the molecule is Nc1ccc(/C=C/C(=O)NCc2ccc(Br)s2)cc1. The van der Waals surface area contributed by atoms with Crippen molar-refractivity contribution >= 4 is 44.9 Å². The molecule has 1 amide bonds. The van der Waals surface area contributed by atoms with Crippen molar-refractivity contribution < 1.29 is 4.79 Å². The quantitative estimate of drug-likeness (QED) is 0.663. The Morgan fingerprint density at radius 3 is 2.63 bits per heavy atom. The van der Waals surface area contributed by atoms with Gasteiger partial charge in [0.15, 0.2) is 0 Å². The maximum Gasteiger partial charge on any atom is 0.244 e. The van der Waals surface area contributed by atoms with Gasteiger partial charge in [-0.15, -0.1) is 11.3 Å². The smallest absolute Gasteiger partial charge is 0.244 e. The topological polar surface area (TPSA) is 55.1 Å². The lowest BCUT2D eigenvalue weighted by Gasteiger charge is -1.99. The number of hydrogen-bond donors (Lipinski definition) is 2. The molecule has 1 aromatic heterocycles. The van der Waals surface area contributed by atoms with Gasteiger partial charge >= 0.3 is 0 Å². The molecule has 3 N–H and O–H groups in total. The van der Waals surface area contributed by atoms with E-state index in [1.54, 1.807) is 29.5 Å². The summed E-state index contributed by atoms with van der Waals surface area (Å²) in [6.45, 7) is 0.543. The Bertz CT molecular complexity index is 590. The molecular formula is C14H13BrN2OS. The van der Waals surface area contributed by atoms with Gasteiger partial charge in [0.1, 0.15) is 0 Å². The third kappa shape index (κ3) is 4.54. The first kappa shape index (κ1) is 13.8. The van der Waals surface area contributed by atoms with Gasteiger partial charge in [-0.05, 0) is 51.8 Å². The first-order valence-corrected chi connectivity index (χ1v) is 7.30. The van der Waals surface area contributed by atoms with Crippen molar-refractivity contribution in [3.05, 3.63) is 56.7 Å². The predicted molar refractivity (Wildman–Crippen MR) is 83.8 cm³/mol. The zero-order valence-electron chi connectivity index (χ0n) is 10.1. The molecule has 2 rings (SSSR count). The van der Waals surface area contributed by atoms with Crippen LogP contribution in [0, 0.1) is 0 Å². The van der Waals surface area contributed by atoms with Crippen molar-refractivity contribution in [3.63, 3.8) is 0 Å². The van der Waals surface area contributed by atoms with Gasteiger partial charge < -0.3 is 11.1 Å². The summed E-state index contributed by atoms with van der Waals surface area (Å²) in [5.74, 6) is -0.110. The third-order valence-electron chi connectivity index (χ3n) is 2.43. The molecule has 0 aliphatic heterocycles. The monoisotopic (exact) mass is 336 g/mol. The lowest BCUT2D eigenvalue weighted by Crippen LogP contribution is -2.19. The number of rotatable bonds is 4. The Balaban J connectivity index is 1.85. The lowest BCUT2D eigenvalue weighted by molar-refractivity contribution is -0.116. The molecule has 0 bridgehead atoms. The Kier molecular flexibility index (Phi) is 4.76. The van der Waals surface area contributed by atoms with E-state index in [0.717, 1.165) is 14.2 Å². The maximum atomic E-state index is 11.6. The highest BCUT2D eigenvalue weighted by atomic mass is 79.9. The van der Waals surface area contributed by atoms with Crippen LogP contribution in [-0.2, 0) is 11.3 Å². The van der Waals surface area contributed by atoms with Crippen LogP contribution >= 0.6 is 27.3 Å². The van der Waals surface area contributed by atoms with Gasteiger partial charge in [-0.1, -0.05) is 12.1 Å². The maximum absolute atomic E-state index is 11.6. The number of carbonyl (C=O) groups is 1. The summed E-state index contributed by atoms with van der Waals surface area (Å²) in [7, 11) is 0. The summed E-state index contributed by atoms with van der Waals surface area (Å²) in [4.78, 5) is 12.7. The van der Waals surface area contributed by atoms with Crippen molar-refractivity contribution in [1.82, 2.24) is 5.32 Å². The lowest BCUT2D eigenvalue weighted by atomic mass is 10.2. The number of benzene rings is 1. The van der Waals surface area contributed by atoms with E-state index in [1.165, 1.54) is 6.08 Å². The molecule has 5 heteroatoms. The fourth-order valence-corrected chi connectivity index (χ4v) is 2.88. The van der Waals surface area contributed by atoms with Gasteiger partial charge in [0.2, 0.25) is 5.91 Å². The largest absolute Gasteiger partial charge is 0.399 e. The molecule has 0 atom stereocenters. The fraction of sp³-hybridized carbons (Fsp3) is 0.0714. The van der Waals surface area contributed by atoms with Crippen molar-refractivity contribution in [2.45, 2.75) is 6.54 Å². The highest BCUT2D eigenvalue weighted by molar-refractivity contribution is 9.11. The summed E-state index contributed by atoms with van der Waals surface area (Å²) in [6.07, 6.45) is 3.29.